The van der Waals surface area contributed by atoms with E-state index in [0.717, 1.165) is 25.0 Å². The summed E-state index contributed by atoms with van der Waals surface area (Å²) in [6.07, 6.45) is 9.78. The maximum atomic E-state index is 10.5. The Morgan fingerprint density at radius 3 is 2.64 bits per heavy atom. The summed E-state index contributed by atoms with van der Waals surface area (Å²) < 4.78 is 5.41. The van der Waals surface area contributed by atoms with Gasteiger partial charge < -0.3 is 9.84 Å². The molecule has 25 heavy (non-hydrogen) atoms. The highest BCUT2D eigenvalue weighted by molar-refractivity contribution is 5.38. The molecule has 1 N–H and O–H groups in total. The van der Waals surface area contributed by atoms with E-state index < -0.39 is 0 Å². The fourth-order valence-corrected chi connectivity index (χ4v) is 4.76. The summed E-state index contributed by atoms with van der Waals surface area (Å²) in [5, 5.41) is 10.5. The molecule has 0 spiro atoms. The zero-order valence-corrected chi connectivity index (χ0v) is 16.6. The van der Waals surface area contributed by atoms with Crippen LogP contribution in [0.4, 0.5) is 0 Å². The van der Waals surface area contributed by atoms with Gasteiger partial charge in [-0.2, -0.15) is 0 Å². The van der Waals surface area contributed by atoms with Crippen LogP contribution in [0.5, 0.6) is 5.75 Å². The van der Waals surface area contributed by atoms with Crippen LogP contribution in [0.1, 0.15) is 76.3 Å². The summed E-state index contributed by atoms with van der Waals surface area (Å²) in [7, 11) is 1.75. The minimum Gasteiger partial charge on any atom is -0.497 e. The highest BCUT2D eigenvalue weighted by Gasteiger charge is 2.45. The normalized spacial score (nSPS) is 31.8. The Kier molecular flexibility index (Phi) is 7.13. The average Bonchev–Trinajstić information content (AvgIpc) is 2.88. The molecule has 1 saturated carbocycles. The zero-order valence-electron chi connectivity index (χ0n) is 16.6. The molecule has 0 heterocycles. The van der Waals surface area contributed by atoms with E-state index >= 15 is 0 Å². The van der Waals surface area contributed by atoms with Crippen molar-refractivity contribution in [3.05, 3.63) is 42.0 Å². The predicted octanol–water partition coefficient (Wildman–Crippen LogP) is 5.88. The molecule has 1 fully saturated rings. The third kappa shape index (κ3) is 4.47. The van der Waals surface area contributed by atoms with E-state index in [1.165, 1.54) is 36.8 Å². The molecule has 0 bridgehead atoms. The highest BCUT2D eigenvalue weighted by atomic mass is 16.5. The lowest BCUT2D eigenvalue weighted by molar-refractivity contribution is 0.0263. The van der Waals surface area contributed by atoms with E-state index in [4.69, 9.17) is 4.74 Å². The van der Waals surface area contributed by atoms with Crippen LogP contribution in [0.15, 0.2) is 30.9 Å². The van der Waals surface area contributed by atoms with Crippen LogP contribution in [0.3, 0.4) is 0 Å². The lowest BCUT2D eigenvalue weighted by Gasteiger charge is -2.37. The third-order valence-corrected chi connectivity index (χ3v) is 6.48. The van der Waals surface area contributed by atoms with E-state index in [2.05, 4.69) is 38.6 Å². The number of aliphatic hydroxyl groups is 1. The number of rotatable bonds is 1. The van der Waals surface area contributed by atoms with Gasteiger partial charge in [-0.1, -0.05) is 26.0 Å². The molecule has 2 aliphatic carbocycles. The number of aliphatic hydroxyl groups excluding tert-OH is 1. The van der Waals surface area contributed by atoms with E-state index in [-0.39, 0.29) is 11.5 Å². The van der Waals surface area contributed by atoms with Crippen molar-refractivity contribution < 1.29 is 9.84 Å². The second kappa shape index (κ2) is 8.89. The van der Waals surface area contributed by atoms with E-state index in [9.17, 15) is 5.11 Å². The number of allylic oxidation sites excluding steroid dienone is 1. The fourth-order valence-electron chi connectivity index (χ4n) is 4.76. The van der Waals surface area contributed by atoms with Gasteiger partial charge >= 0.3 is 0 Å². The molecule has 0 radical (unpaired) electrons. The molecule has 4 unspecified atom stereocenters. The molecular weight excluding hydrogens is 308 g/mol. The topological polar surface area (TPSA) is 29.5 Å². The van der Waals surface area contributed by atoms with Crippen molar-refractivity contribution in [1.82, 2.24) is 0 Å². The quantitative estimate of drug-likeness (QED) is 0.644. The van der Waals surface area contributed by atoms with Crippen molar-refractivity contribution in [3.8, 4) is 5.75 Å². The lowest BCUT2D eigenvalue weighted by atomic mass is 9.70. The largest absolute Gasteiger partial charge is 0.497 e. The van der Waals surface area contributed by atoms with Gasteiger partial charge in [-0.15, -0.1) is 6.58 Å². The molecule has 2 aliphatic rings. The van der Waals surface area contributed by atoms with Crippen LogP contribution in [0.25, 0.3) is 0 Å². The minimum absolute atomic E-state index is 0.0977. The number of benzene rings is 1. The van der Waals surface area contributed by atoms with Crippen molar-refractivity contribution in [2.75, 3.05) is 7.11 Å². The first-order chi connectivity index (χ1) is 12.0. The Hall–Kier alpha value is -1.28. The van der Waals surface area contributed by atoms with Crippen molar-refractivity contribution in [1.29, 1.82) is 0 Å². The molecule has 2 nitrogen and oxygen atoms in total. The van der Waals surface area contributed by atoms with Crippen LogP contribution >= 0.6 is 0 Å². The SMILES string of the molecule is C=CC.COc1ccc2c(c1)CCCC1CCC(O)C1(C)CCC2C. The van der Waals surface area contributed by atoms with Gasteiger partial charge in [0, 0.05) is 0 Å². The van der Waals surface area contributed by atoms with Gasteiger partial charge in [0.05, 0.1) is 13.2 Å². The summed E-state index contributed by atoms with van der Waals surface area (Å²) in [6, 6.07) is 6.58. The molecule has 3 rings (SSSR count). The Labute approximate surface area is 154 Å². The van der Waals surface area contributed by atoms with Gasteiger partial charge in [-0.05, 0) is 92.4 Å². The van der Waals surface area contributed by atoms with Gasteiger partial charge in [0.25, 0.3) is 0 Å². The van der Waals surface area contributed by atoms with Crippen molar-refractivity contribution in [2.45, 2.75) is 77.7 Å². The molecule has 4 atom stereocenters. The summed E-state index contributed by atoms with van der Waals surface area (Å²) in [4.78, 5) is 0. The first-order valence-electron chi connectivity index (χ1n) is 9.88. The second-order valence-corrected chi connectivity index (χ2v) is 8.10. The van der Waals surface area contributed by atoms with Crippen molar-refractivity contribution in [2.24, 2.45) is 11.3 Å². The zero-order chi connectivity index (χ0) is 18.4. The Morgan fingerprint density at radius 1 is 1.24 bits per heavy atom. The van der Waals surface area contributed by atoms with Crippen LogP contribution in [-0.2, 0) is 6.42 Å². The molecule has 0 saturated heterocycles. The Bertz CT molecular complexity index is 565. The molecule has 0 aliphatic heterocycles. The first-order valence-corrected chi connectivity index (χ1v) is 9.88. The van der Waals surface area contributed by atoms with Gasteiger partial charge in [-0.25, -0.2) is 0 Å². The number of fused-ring (bicyclic) bond motifs is 2. The van der Waals surface area contributed by atoms with Gasteiger partial charge in [0.1, 0.15) is 5.75 Å². The first kappa shape index (κ1) is 20.0. The van der Waals surface area contributed by atoms with Gasteiger partial charge in [-0.3, -0.25) is 0 Å². The monoisotopic (exact) mass is 344 g/mol. The number of ether oxygens (including phenoxy) is 1. The summed E-state index contributed by atoms with van der Waals surface area (Å²) in [5.74, 6) is 2.23. The van der Waals surface area contributed by atoms with Crippen molar-refractivity contribution >= 4 is 0 Å². The van der Waals surface area contributed by atoms with E-state index in [0.29, 0.717) is 11.8 Å². The number of hydrogen-bond acceptors (Lipinski definition) is 2. The number of aryl methyl sites for hydroxylation is 1. The predicted molar refractivity (Wildman–Crippen MR) is 106 cm³/mol. The third-order valence-electron chi connectivity index (χ3n) is 6.48. The average molecular weight is 345 g/mol. The molecule has 0 amide bonds. The lowest BCUT2D eigenvalue weighted by Crippen LogP contribution is -2.33. The number of methoxy groups -OCH3 is 1. The standard InChI is InChI=1S/C20H30O2.C3H6/c1-14-11-12-20(2)16(7-10-19(20)21)6-4-5-15-13-17(22-3)8-9-18(14)15;1-3-2/h8-9,13-14,16,19,21H,4-7,10-12H2,1-3H3;3H,1H2,2H3. The van der Waals surface area contributed by atoms with Crippen LogP contribution < -0.4 is 4.74 Å². The summed E-state index contributed by atoms with van der Waals surface area (Å²) in [5.41, 5.74) is 3.09. The maximum Gasteiger partial charge on any atom is 0.119 e. The minimum atomic E-state index is -0.0977. The van der Waals surface area contributed by atoms with Gasteiger partial charge in [0.15, 0.2) is 0 Å². The van der Waals surface area contributed by atoms with Crippen LogP contribution in [0.2, 0.25) is 0 Å². The van der Waals surface area contributed by atoms with Crippen molar-refractivity contribution in [3.63, 3.8) is 0 Å². The van der Waals surface area contributed by atoms with Gasteiger partial charge in [0.2, 0.25) is 0 Å². The van der Waals surface area contributed by atoms with Crippen LogP contribution in [0, 0.1) is 11.3 Å². The second-order valence-electron chi connectivity index (χ2n) is 8.10. The molecule has 140 valence electrons. The Balaban J connectivity index is 0.000000701. The maximum absolute atomic E-state index is 10.5. The smallest absolute Gasteiger partial charge is 0.119 e. The van der Waals surface area contributed by atoms with Crippen LogP contribution in [-0.4, -0.2) is 18.3 Å². The molecule has 2 heteroatoms. The molecule has 1 aromatic rings. The summed E-state index contributed by atoms with van der Waals surface area (Å²) in [6.45, 7) is 9.92. The summed E-state index contributed by atoms with van der Waals surface area (Å²) >= 11 is 0. The number of hydrogen-bond donors (Lipinski definition) is 1. The Morgan fingerprint density at radius 2 is 1.96 bits per heavy atom. The highest BCUT2D eigenvalue weighted by Crippen LogP contribution is 2.50. The molecule has 1 aromatic carbocycles. The fraction of sp³-hybridized carbons (Fsp3) is 0.652. The van der Waals surface area contributed by atoms with E-state index in [1.807, 2.05) is 6.92 Å². The molecule has 0 aromatic heterocycles. The van der Waals surface area contributed by atoms with E-state index in [1.54, 1.807) is 13.2 Å². The molecular formula is C23H36O2.